The number of rotatable bonds is 55. The van der Waals surface area contributed by atoms with Crippen LogP contribution in [0.1, 0.15) is 264 Å². The maximum atomic E-state index is 13.3. The number of hydrogen-bond donors (Lipinski definition) is 9. The van der Waals surface area contributed by atoms with Gasteiger partial charge in [-0.2, -0.15) is 0 Å². The van der Waals surface area contributed by atoms with Gasteiger partial charge in [-0.05, 0) is 83.5 Å². The predicted octanol–water partition coefficient (Wildman–Crippen LogP) is 13.6. The van der Waals surface area contributed by atoms with E-state index in [1.165, 1.54) is 154 Å². The van der Waals surface area contributed by atoms with Crippen molar-refractivity contribution in [2.24, 2.45) is 0 Å². The summed E-state index contributed by atoms with van der Waals surface area (Å²) < 4.78 is 22.8. The monoisotopic (exact) mass is 1200 g/mol. The molecule has 2 aliphatic heterocycles. The molecule has 0 bridgehead atoms. The number of carbonyl (C=O) groups excluding carboxylic acids is 1. The van der Waals surface area contributed by atoms with Gasteiger partial charge in [0.2, 0.25) is 5.91 Å². The Morgan fingerprint density at radius 3 is 1.29 bits per heavy atom. The van der Waals surface area contributed by atoms with Gasteiger partial charge in [0.05, 0.1) is 32.0 Å². The lowest BCUT2D eigenvalue weighted by atomic mass is 9.97. The Hall–Kier alpha value is -2.83. The maximum absolute atomic E-state index is 13.3. The summed E-state index contributed by atoms with van der Waals surface area (Å²) in [6, 6.07) is -0.945. The number of amides is 1. The van der Waals surface area contributed by atoms with E-state index in [4.69, 9.17) is 18.9 Å². The lowest BCUT2D eigenvalue weighted by Crippen LogP contribution is -2.65. The summed E-state index contributed by atoms with van der Waals surface area (Å²) in [5.41, 5.74) is 0. The van der Waals surface area contributed by atoms with Crippen LogP contribution in [0.2, 0.25) is 0 Å². The minimum atomic E-state index is -1.80. The highest BCUT2D eigenvalue weighted by Crippen LogP contribution is 2.30. The summed E-state index contributed by atoms with van der Waals surface area (Å²) in [7, 11) is 0. The standard InChI is InChI=1S/C71H125NO13/c1-3-5-7-9-11-13-15-17-19-21-23-25-27-29-31-32-34-36-38-40-42-44-46-48-50-52-54-60(75)59(58-82-70-68(81)66(79)69(62(57-74)84-70)85-71-67(80)65(78)64(77)61(56-73)83-71)72-63(76)55-53-51-49-47-45-43-41-39-37-35-33-30-28-26-24-22-20-18-16-14-12-10-8-6-4-2/h6,8,12,14,18,20,24,26,36,38,44,46,52,54,59-62,64-71,73-75,77-81H,3-5,7,9-11,13,15-17,19,21-23,25,27-35,37,39-43,45,47-51,53,55-58H2,1-2H3,(H,72,76)/b8-6-,14-12-,20-18-,26-24-,38-36+,46-44+,54-52+. The van der Waals surface area contributed by atoms with Crippen molar-refractivity contribution < 1.29 is 64.6 Å². The van der Waals surface area contributed by atoms with Crippen LogP contribution in [-0.2, 0) is 23.7 Å². The fourth-order valence-corrected chi connectivity index (χ4v) is 10.8. The molecule has 2 rings (SSSR count). The molecule has 12 atom stereocenters. The molecule has 12 unspecified atom stereocenters. The summed E-state index contributed by atoms with van der Waals surface area (Å²) in [5, 5.41) is 87.4. The van der Waals surface area contributed by atoms with E-state index in [0.717, 1.165) is 77.0 Å². The zero-order chi connectivity index (χ0) is 61.6. The van der Waals surface area contributed by atoms with Gasteiger partial charge in [-0.3, -0.25) is 4.79 Å². The van der Waals surface area contributed by atoms with Gasteiger partial charge in [0.15, 0.2) is 12.6 Å². The molecule has 14 nitrogen and oxygen atoms in total. The molecule has 1 amide bonds. The van der Waals surface area contributed by atoms with Crippen molar-refractivity contribution in [3.05, 3.63) is 85.1 Å². The fourth-order valence-electron chi connectivity index (χ4n) is 10.8. The topological polar surface area (TPSA) is 228 Å². The Balaban J connectivity index is 1.73. The van der Waals surface area contributed by atoms with Gasteiger partial charge in [-0.1, -0.05) is 259 Å². The molecule has 85 heavy (non-hydrogen) atoms. The van der Waals surface area contributed by atoms with Crippen molar-refractivity contribution in [3.8, 4) is 0 Å². The molecule has 0 aliphatic carbocycles. The lowest BCUT2D eigenvalue weighted by molar-refractivity contribution is -0.359. The molecule has 0 spiro atoms. The Morgan fingerprint density at radius 2 is 0.824 bits per heavy atom. The number of nitrogens with one attached hydrogen (secondary N) is 1. The van der Waals surface area contributed by atoms with Crippen molar-refractivity contribution in [1.82, 2.24) is 5.32 Å². The SMILES string of the molecule is CC/C=C\C/C=C\C/C=C\C/C=C\CCCCCCCCCCCCCCC(=O)NC(COC1OC(CO)C(OC2OC(CO)C(O)C(O)C2O)C(O)C1O)C(O)/C=C/CC/C=C/CC/C=C/CCCCCCCCCCCCCCCCCC. The highest BCUT2D eigenvalue weighted by molar-refractivity contribution is 5.76. The number of unbranched alkanes of at least 4 members (excludes halogenated alkanes) is 30. The third-order valence-electron chi connectivity index (χ3n) is 16.3. The largest absolute Gasteiger partial charge is 0.394 e. The van der Waals surface area contributed by atoms with Crippen molar-refractivity contribution in [3.63, 3.8) is 0 Å². The number of hydrogen-bond acceptors (Lipinski definition) is 13. The number of aliphatic hydroxyl groups is 8. The predicted molar refractivity (Wildman–Crippen MR) is 346 cm³/mol. The highest BCUT2D eigenvalue weighted by atomic mass is 16.7. The average molecular weight is 1200 g/mol. The van der Waals surface area contributed by atoms with Crippen molar-refractivity contribution in [1.29, 1.82) is 0 Å². The van der Waals surface area contributed by atoms with E-state index in [1.54, 1.807) is 6.08 Å². The van der Waals surface area contributed by atoms with Crippen LogP contribution in [0.3, 0.4) is 0 Å². The van der Waals surface area contributed by atoms with Crippen LogP contribution in [-0.4, -0.2) is 140 Å². The second kappa shape index (κ2) is 55.3. The van der Waals surface area contributed by atoms with Crippen LogP contribution in [0.15, 0.2) is 85.1 Å². The van der Waals surface area contributed by atoms with Gasteiger partial charge in [0.1, 0.15) is 48.8 Å². The van der Waals surface area contributed by atoms with E-state index in [9.17, 15) is 45.6 Å². The van der Waals surface area contributed by atoms with Crippen LogP contribution in [0, 0.1) is 0 Å². The second-order valence-electron chi connectivity index (χ2n) is 23.9. The molecular formula is C71H125NO13. The van der Waals surface area contributed by atoms with Gasteiger partial charge >= 0.3 is 0 Å². The molecule has 9 N–H and O–H groups in total. The number of ether oxygens (including phenoxy) is 4. The summed E-state index contributed by atoms with van der Waals surface area (Å²) in [4.78, 5) is 13.3. The molecule has 2 fully saturated rings. The van der Waals surface area contributed by atoms with Gasteiger partial charge in [0.25, 0.3) is 0 Å². The minimum absolute atomic E-state index is 0.257. The van der Waals surface area contributed by atoms with E-state index < -0.39 is 86.8 Å². The molecule has 0 aromatic carbocycles. The molecule has 2 heterocycles. The first-order valence-corrected chi connectivity index (χ1v) is 34.3. The first-order chi connectivity index (χ1) is 41.6. The number of allylic oxidation sites excluding steroid dienone is 13. The normalized spacial score (nSPS) is 24.1. The van der Waals surface area contributed by atoms with Crippen molar-refractivity contribution in [2.45, 2.75) is 338 Å². The zero-order valence-corrected chi connectivity index (χ0v) is 53.3. The zero-order valence-electron chi connectivity index (χ0n) is 53.3. The Morgan fingerprint density at radius 1 is 0.435 bits per heavy atom. The molecule has 492 valence electrons. The molecule has 0 aromatic heterocycles. The van der Waals surface area contributed by atoms with Gasteiger partial charge in [0, 0.05) is 6.42 Å². The fraction of sp³-hybridized carbons (Fsp3) is 0.789. The van der Waals surface area contributed by atoms with Gasteiger partial charge < -0.3 is 65.1 Å². The van der Waals surface area contributed by atoms with Gasteiger partial charge in [-0.15, -0.1) is 0 Å². The van der Waals surface area contributed by atoms with Crippen LogP contribution < -0.4 is 5.32 Å². The summed E-state index contributed by atoms with van der Waals surface area (Å²) in [5.74, 6) is -0.257. The quantitative estimate of drug-likeness (QED) is 0.0204. The van der Waals surface area contributed by atoms with E-state index in [2.05, 4.69) is 92.1 Å². The van der Waals surface area contributed by atoms with E-state index in [1.807, 2.05) is 6.08 Å². The van der Waals surface area contributed by atoms with Crippen molar-refractivity contribution in [2.75, 3.05) is 19.8 Å². The minimum Gasteiger partial charge on any atom is -0.394 e. The molecular weight excluding hydrogens is 1070 g/mol. The molecule has 0 radical (unpaired) electrons. The second-order valence-corrected chi connectivity index (χ2v) is 23.9. The highest BCUT2D eigenvalue weighted by Gasteiger charge is 2.51. The first kappa shape index (κ1) is 78.3. The van der Waals surface area contributed by atoms with E-state index >= 15 is 0 Å². The first-order valence-electron chi connectivity index (χ1n) is 34.3. The lowest BCUT2D eigenvalue weighted by Gasteiger charge is -2.46. The average Bonchev–Trinajstić information content (AvgIpc) is 3.29. The molecule has 2 saturated heterocycles. The molecule has 2 aliphatic rings. The summed E-state index contributed by atoms with van der Waals surface area (Å²) in [6.07, 6.45) is 59.2. The van der Waals surface area contributed by atoms with Crippen LogP contribution >= 0.6 is 0 Å². The molecule has 14 heteroatoms. The third kappa shape index (κ3) is 39.7. The van der Waals surface area contributed by atoms with E-state index in [-0.39, 0.29) is 18.9 Å². The van der Waals surface area contributed by atoms with Crippen LogP contribution in [0.5, 0.6) is 0 Å². The number of carbonyl (C=O) groups is 1. The Kier molecular flexibility index (Phi) is 50.9. The van der Waals surface area contributed by atoms with E-state index in [0.29, 0.717) is 12.8 Å². The van der Waals surface area contributed by atoms with Crippen LogP contribution in [0.4, 0.5) is 0 Å². The van der Waals surface area contributed by atoms with Crippen LogP contribution in [0.25, 0.3) is 0 Å². The molecule has 0 saturated carbocycles. The summed E-state index contributed by atoms with van der Waals surface area (Å²) >= 11 is 0. The third-order valence-corrected chi connectivity index (χ3v) is 16.3. The maximum Gasteiger partial charge on any atom is 0.220 e. The molecule has 0 aromatic rings. The Bertz CT molecular complexity index is 1750. The summed E-state index contributed by atoms with van der Waals surface area (Å²) in [6.45, 7) is 2.68. The smallest absolute Gasteiger partial charge is 0.220 e. The number of aliphatic hydroxyl groups excluding tert-OH is 8. The van der Waals surface area contributed by atoms with Crippen molar-refractivity contribution >= 4 is 5.91 Å². The van der Waals surface area contributed by atoms with Gasteiger partial charge in [-0.25, -0.2) is 0 Å². The Labute approximate surface area is 516 Å².